The first kappa shape index (κ1) is 15.6. The van der Waals surface area contributed by atoms with Crippen LogP contribution in [0.1, 0.15) is 17.7 Å². The van der Waals surface area contributed by atoms with E-state index in [2.05, 4.69) is 15.2 Å². The maximum atomic E-state index is 13.0. The van der Waals surface area contributed by atoms with Crippen molar-refractivity contribution in [3.05, 3.63) is 59.8 Å². The van der Waals surface area contributed by atoms with E-state index in [0.29, 0.717) is 12.5 Å². The maximum absolute atomic E-state index is 13.0. The van der Waals surface area contributed by atoms with Crippen LogP contribution in [0, 0.1) is 11.7 Å². The highest BCUT2D eigenvalue weighted by molar-refractivity contribution is 5.80. The summed E-state index contributed by atoms with van der Waals surface area (Å²) in [5.74, 6) is 2.20. The van der Waals surface area contributed by atoms with Gasteiger partial charge in [-0.15, -0.1) is 0 Å². The summed E-state index contributed by atoms with van der Waals surface area (Å²) < 4.78 is 18.3. The van der Waals surface area contributed by atoms with Crippen molar-refractivity contribution >= 4 is 5.96 Å². The van der Waals surface area contributed by atoms with Crippen LogP contribution in [0.5, 0.6) is 0 Å². The van der Waals surface area contributed by atoms with Gasteiger partial charge in [0.05, 0.1) is 12.8 Å². The van der Waals surface area contributed by atoms with Gasteiger partial charge in [-0.2, -0.15) is 0 Å². The Morgan fingerprint density at radius 1 is 1.35 bits per heavy atom. The lowest BCUT2D eigenvalue weighted by atomic mass is 9.99. The summed E-state index contributed by atoms with van der Waals surface area (Å²) in [4.78, 5) is 6.64. The first-order valence-electron chi connectivity index (χ1n) is 7.97. The van der Waals surface area contributed by atoms with E-state index in [9.17, 15) is 4.39 Å². The van der Waals surface area contributed by atoms with Crippen molar-refractivity contribution in [1.82, 2.24) is 10.2 Å². The third-order valence-corrected chi connectivity index (χ3v) is 4.24. The number of hydrogen-bond donors (Lipinski definition) is 1. The molecule has 122 valence electrons. The highest BCUT2D eigenvalue weighted by atomic mass is 19.1. The second-order valence-corrected chi connectivity index (χ2v) is 5.91. The third-order valence-electron chi connectivity index (χ3n) is 4.24. The lowest BCUT2D eigenvalue weighted by Crippen LogP contribution is -2.39. The summed E-state index contributed by atoms with van der Waals surface area (Å²) in [5, 5.41) is 3.34. The van der Waals surface area contributed by atoms with E-state index in [-0.39, 0.29) is 5.82 Å². The molecule has 1 aliphatic rings. The molecule has 5 heteroatoms. The zero-order valence-electron chi connectivity index (χ0n) is 13.3. The van der Waals surface area contributed by atoms with Crippen LogP contribution in [0.4, 0.5) is 4.39 Å². The number of nitrogens with one attached hydrogen (secondary N) is 1. The molecule has 0 spiro atoms. The molecule has 0 amide bonds. The number of aliphatic imine (C=N–C) groups is 1. The van der Waals surface area contributed by atoms with Crippen molar-refractivity contribution in [3.63, 3.8) is 0 Å². The average Bonchev–Trinajstić information content (AvgIpc) is 3.22. The second-order valence-electron chi connectivity index (χ2n) is 5.91. The van der Waals surface area contributed by atoms with Crippen LogP contribution in [0.2, 0.25) is 0 Å². The topological polar surface area (TPSA) is 40.8 Å². The molecular formula is C18H22FN3O. The molecule has 1 aromatic heterocycles. The van der Waals surface area contributed by atoms with E-state index < -0.39 is 0 Å². The molecule has 4 nitrogen and oxygen atoms in total. The zero-order valence-corrected chi connectivity index (χ0v) is 13.3. The van der Waals surface area contributed by atoms with Crippen molar-refractivity contribution in [2.75, 3.05) is 20.1 Å². The fraction of sp³-hybridized carbons (Fsp3) is 0.389. The van der Waals surface area contributed by atoms with Gasteiger partial charge in [0.15, 0.2) is 5.96 Å². The monoisotopic (exact) mass is 315 g/mol. The molecule has 23 heavy (non-hydrogen) atoms. The predicted molar refractivity (Wildman–Crippen MR) is 88.7 cm³/mol. The Hall–Kier alpha value is -2.30. The van der Waals surface area contributed by atoms with Crippen LogP contribution in [-0.4, -0.2) is 31.0 Å². The minimum Gasteiger partial charge on any atom is -0.467 e. The van der Waals surface area contributed by atoms with Gasteiger partial charge in [0.2, 0.25) is 0 Å². The first-order valence-corrected chi connectivity index (χ1v) is 7.97. The molecule has 3 rings (SSSR count). The molecule has 1 fully saturated rings. The molecule has 1 aromatic carbocycles. The van der Waals surface area contributed by atoms with Gasteiger partial charge in [0.25, 0.3) is 0 Å². The van der Waals surface area contributed by atoms with E-state index in [1.165, 1.54) is 17.7 Å². The van der Waals surface area contributed by atoms with Gasteiger partial charge >= 0.3 is 0 Å². The summed E-state index contributed by atoms with van der Waals surface area (Å²) >= 11 is 0. The number of likely N-dealkylation sites (tertiary alicyclic amines) is 1. The van der Waals surface area contributed by atoms with E-state index in [4.69, 9.17) is 4.42 Å². The Morgan fingerprint density at radius 2 is 2.17 bits per heavy atom. The molecule has 2 aromatic rings. The summed E-state index contributed by atoms with van der Waals surface area (Å²) in [5.41, 5.74) is 1.19. The van der Waals surface area contributed by atoms with Crippen LogP contribution >= 0.6 is 0 Å². The Labute approximate surface area is 136 Å². The fourth-order valence-corrected chi connectivity index (χ4v) is 3.06. The lowest BCUT2D eigenvalue weighted by molar-refractivity contribution is 0.448. The number of rotatable bonds is 4. The maximum Gasteiger partial charge on any atom is 0.194 e. The van der Waals surface area contributed by atoms with Crippen LogP contribution in [0.25, 0.3) is 0 Å². The Morgan fingerprint density at radius 3 is 2.87 bits per heavy atom. The summed E-state index contributed by atoms with van der Waals surface area (Å²) in [6.07, 6.45) is 3.78. The van der Waals surface area contributed by atoms with Crippen molar-refractivity contribution in [2.24, 2.45) is 10.9 Å². The van der Waals surface area contributed by atoms with Gasteiger partial charge in [-0.05, 0) is 48.6 Å². The van der Waals surface area contributed by atoms with Gasteiger partial charge in [-0.3, -0.25) is 4.99 Å². The SMILES string of the molecule is CN=C(NCc1ccco1)N1CCC(Cc2ccc(F)cc2)C1. The van der Waals surface area contributed by atoms with Crippen molar-refractivity contribution < 1.29 is 8.81 Å². The lowest BCUT2D eigenvalue weighted by Gasteiger charge is -2.21. The number of nitrogens with zero attached hydrogens (tertiary/aromatic N) is 2. The number of guanidine groups is 1. The summed E-state index contributed by atoms with van der Waals surface area (Å²) in [7, 11) is 1.80. The van der Waals surface area contributed by atoms with E-state index in [1.807, 2.05) is 24.3 Å². The molecule has 1 atom stereocenters. The molecule has 1 saturated heterocycles. The number of halogens is 1. The molecule has 0 saturated carbocycles. The van der Waals surface area contributed by atoms with Crippen LogP contribution < -0.4 is 5.32 Å². The normalized spacial score (nSPS) is 18.4. The Balaban J connectivity index is 1.52. The second kappa shape index (κ2) is 7.31. The Bertz CT molecular complexity index is 637. The molecule has 1 aliphatic heterocycles. The van der Waals surface area contributed by atoms with Crippen molar-refractivity contribution in [2.45, 2.75) is 19.4 Å². The molecule has 0 aliphatic carbocycles. The molecule has 0 bridgehead atoms. The van der Waals surface area contributed by atoms with Crippen LogP contribution in [0.3, 0.4) is 0 Å². The largest absolute Gasteiger partial charge is 0.467 e. The molecule has 1 N–H and O–H groups in total. The van der Waals surface area contributed by atoms with E-state index in [1.54, 1.807) is 13.3 Å². The van der Waals surface area contributed by atoms with Crippen molar-refractivity contribution in [3.8, 4) is 0 Å². The third kappa shape index (κ3) is 4.12. The zero-order chi connectivity index (χ0) is 16.1. The Kier molecular flexibility index (Phi) is 4.95. The number of hydrogen-bond acceptors (Lipinski definition) is 2. The summed E-state index contributed by atoms with van der Waals surface area (Å²) in [6.45, 7) is 2.59. The minimum atomic E-state index is -0.177. The molecule has 2 heterocycles. The quantitative estimate of drug-likeness (QED) is 0.696. The fourth-order valence-electron chi connectivity index (χ4n) is 3.06. The molecular weight excluding hydrogens is 293 g/mol. The van der Waals surface area contributed by atoms with Gasteiger partial charge in [-0.25, -0.2) is 4.39 Å². The smallest absolute Gasteiger partial charge is 0.194 e. The van der Waals surface area contributed by atoms with Gasteiger partial charge < -0.3 is 14.6 Å². The highest BCUT2D eigenvalue weighted by Gasteiger charge is 2.25. The molecule has 0 radical (unpaired) electrons. The van der Waals surface area contributed by atoms with Gasteiger partial charge in [0.1, 0.15) is 11.6 Å². The minimum absolute atomic E-state index is 0.177. The van der Waals surface area contributed by atoms with Gasteiger partial charge in [-0.1, -0.05) is 12.1 Å². The van der Waals surface area contributed by atoms with Crippen molar-refractivity contribution in [1.29, 1.82) is 0 Å². The number of furan rings is 1. The standard InChI is InChI=1S/C18H22FN3O/c1-20-18(21-12-17-3-2-10-23-17)22-9-8-15(13-22)11-14-4-6-16(19)7-5-14/h2-7,10,15H,8-9,11-13H2,1H3,(H,20,21). The highest BCUT2D eigenvalue weighted by Crippen LogP contribution is 2.21. The average molecular weight is 315 g/mol. The molecule has 1 unspecified atom stereocenters. The first-order chi connectivity index (χ1) is 11.2. The van der Waals surface area contributed by atoms with E-state index in [0.717, 1.165) is 37.7 Å². The van der Waals surface area contributed by atoms with Crippen LogP contribution in [0.15, 0.2) is 52.1 Å². The predicted octanol–water partition coefficient (Wildman–Crippen LogP) is 3.06. The van der Waals surface area contributed by atoms with Gasteiger partial charge in [0, 0.05) is 20.1 Å². The summed E-state index contributed by atoms with van der Waals surface area (Å²) in [6, 6.07) is 10.7. The van der Waals surface area contributed by atoms with Crippen LogP contribution in [-0.2, 0) is 13.0 Å². The number of benzene rings is 1. The van der Waals surface area contributed by atoms with E-state index >= 15 is 0 Å².